The molecule has 0 saturated carbocycles. The summed E-state index contributed by atoms with van der Waals surface area (Å²) in [7, 11) is 0. The number of rotatable bonds is 1. The van der Waals surface area contributed by atoms with E-state index < -0.39 is 0 Å². The predicted molar refractivity (Wildman–Crippen MR) is 142 cm³/mol. The maximum atomic E-state index is 4.81. The molecule has 5 aromatic rings. The van der Waals surface area contributed by atoms with E-state index >= 15 is 0 Å². The highest BCUT2D eigenvalue weighted by Gasteiger charge is 2.08. The molecule has 3 aromatic heterocycles. The third-order valence-corrected chi connectivity index (χ3v) is 6.23. The number of nitrogens with one attached hydrogen (secondary N) is 2. The minimum Gasteiger partial charge on any atom is -0.355 e. The van der Waals surface area contributed by atoms with Gasteiger partial charge in [-0.25, -0.2) is 9.97 Å². The second kappa shape index (κ2) is 7.42. The van der Waals surface area contributed by atoms with E-state index in [-0.39, 0.29) is 0 Å². The zero-order valence-electron chi connectivity index (χ0n) is 18.3. The van der Waals surface area contributed by atoms with Crippen molar-refractivity contribution in [3.05, 3.63) is 108 Å². The Labute approximate surface area is 196 Å². The fourth-order valence-corrected chi connectivity index (χ4v) is 4.61. The quantitative estimate of drug-likeness (QED) is 0.280. The second-order valence-electron chi connectivity index (χ2n) is 8.65. The van der Waals surface area contributed by atoms with Gasteiger partial charge >= 0.3 is 0 Å². The summed E-state index contributed by atoms with van der Waals surface area (Å²) in [6.45, 7) is 0. The maximum absolute atomic E-state index is 4.81. The molecule has 0 radical (unpaired) electrons. The molecule has 4 heteroatoms. The Hall–Kier alpha value is -4.70. The maximum Gasteiger partial charge on any atom is 0.0659 e. The fraction of sp³-hybridized carbons (Fsp3) is 0. The Morgan fingerprint density at radius 2 is 1.15 bits per heavy atom. The monoisotopic (exact) mass is 436 g/mol. The molecule has 7 rings (SSSR count). The van der Waals surface area contributed by atoms with Crippen molar-refractivity contribution in [1.82, 2.24) is 19.9 Å². The van der Waals surface area contributed by atoms with Crippen LogP contribution in [0.4, 0.5) is 0 Å². The Bertz CT molecular complexity index is 1810. The molecule has 160 valence electrons. The topological polar surface area (TPSA) is 57.4 Å². The van der Waals surface area contributed by atoms with E-state index in [2.05, 4.69) is 88.8 Å². The van der Waals surface area contributed by atoms with Gasteiger partial charge in [-0.05, 0) is 89.2 Å². The van der Waals surface area contributed by atoms with Gasteiger partial charge in [0.1, 0.15) is 0 Å². The van der Waals surface area contributed by atoms with Crippen molar-refractivity contribution in [2.75, 3.05) is 0 Å². The molecular weight excluding hydrogens is 416 g/mol. The summed E-state index contributed by atoms with van der Waals surface area (Å²) in [5.74, 6) is 0. The van der Waals surface area contributed by atoms with Gasteiger partial charge in [0.05, 0.1) is 22.8 Å². The molecule has 0 atom stereocenters. The summed E-state index contributed by atoms with van der Waals surface area (Å²) in [4.78, 5) is 16.6. The number of hydrogen-bond acceptors (Lipinski definition) is 2. The van der Waals surface area contributed by atoms with Crippen molar-refractivity contribution in [1.29, 1.82) is 0 Å². The highest BCUT2D eigenvalue weighted by molar-refractivity contribution is 5.93. The van der Waals surface area contributed by atoms with Crippen LogP contribution in [0.25, 0.3) is 68.3 Å². The smallest absolute Gasteiger partial charge is 0.0659 e. The van der Waals surface area contributed by atoms with Gasteiger partial charge in [0.15, 0.2) is 0 Å². The van der Waals surface area contributed by atoms with Crippen LogP contribution in [-0.4, -0.2) is 19.9 Å². The molecule has 2 N–H and O–H groups in total. The molecule has 34 heavy (non-hydrogen) atoms. The number of hydrogen-bond donors (Lipinski definition) is 2. The minimum absolute atomic E-state index is 0.899. The first-order valence-electron chi connectivity index (χ1n) is 11.3. The van der Waals surface area contributed by atoms with Crippen LogP contribution in [-0.2, 0) is 0 Å². The standard InChI is InChI=1S/C30H20N4/c1-2-4-20-13-21(6-5-19(20)3-1)29-17-28-16-26-10-9-24(32-26)14-22-7-8-23(31-22)15-25-11-12-27(33-25)18-30(29)34-28/h1-18,32,34H. The highest BCUT2D eigenvalue weighted by atomic mass is 14.8. The van der Waals surface area contributed by atoms with Crippen molar-refractivity contribution >= 4 is 57.1 Å². The summed E-state index contributed by atoms with van der Waals surface area (Å²) in [6.07, 6.45) is 8.12. The van der Waals surface area contributed by atoms with Crippen LogP contribution in [0.1, 0.15) is 22.8 Å². The van der Waals surface area contributed by atoms with Gasteiger partial charge in [-0.15, -0.1) is 0 Å². The molecular formula is C30H20N4. The average Bonchev–Trinajstić information content (AvgIpc) is 3.64. The van der Waals surface area contributed by atoms with Crippen molar-refractivity contribution in [3.8, 4) is 11.1 Å². The lowest BCUT2D eigenvalue weighted by atomic mass is 10.0. The van der Waals surface area contributed by atoms with E-state index in [1.54, 1.807) is 0 Å². The molecule has 5 heterocycles. The molecule has 0 fully saturated rings. The number of fused-ring (bicyclic) bond motifs is 9. The van der Waals surface area contributed by atoms with Gasteiger partial charge in [-0.1, -0.05) is 36.4 Å². The van der Waals surface area contributed by atoms with Crippen LogP contribution in [0, 0.1) is 0 Å². The van der Waals surface area contributed by atoms with Gasteiger partial charge < -0.3 is 9.97 Å². The van der Waals surface area contributed by atoms with Gasteiger partial charge in [0.2, 0.25) is 0 Å². The molecule has 2 aliphatic rings. The first kappa shape index (κ1) is 18.8. The molecule has 2 aliphatic heterocycles. The highest BCUT2D eigenvalue weighted by Crippen LogP contribution is 2.30. The van der Waals surface area contributed by atoms with E-state index in [0.717, 1.165) is 50.4 Å². The molecule has 0 saturated heterocycles. The first-order chi connectivity index (χ1) is 16.7. The number of H-pyrrole nitrogens is 2. The van der Waals surface area contributed by atoms with E-state index in [0.29, 0.717) is 0 Å². The van der Waals surface area contributed by atoms with Crippen LogP contribution >= 0.6 is 0 Å². The SMILES string of the molecule is C1=Cc2cc3ccc(cc4cc(-c5ccc6ccccc6c5)c(cc5nc(cc1n2)C=C5)[nH]4)[nH]3. The lowest BCUT2D eigenvalue weighted by Gasteiger charge is -2.02. The molecule has 0 aliphatic carbocycles. The van der Waals surface area contributed by atoms with Gasteiger partial charge in [-0.2, -0.15) is 0 Å². The molecule has 0 amide bonds. The first-order valence-corrected chi connectivity index (χ1v) is 11.3. The zero-order chi connectivity index (χ0) is 22.5. The van der Waals surface area contributed by atoms with Crippen molar-refractivity contribution in [2.24, 2.45) is 0 Å². The number of aromatic nitrogens is 4. The van der Waals surface area contributed by atoms with Gasteiger partial charge in [0.25, 0.3) is 0 Å². The average molecular weight is 437 g/mol. The Morgan fingerprint density at radius 3 is 1.94 bits per heavy atom. The summed E-state index contributed by atoms with van der Waals surface area (Å²) in [5, 5.41) is 2.46. The summed E-state index contributed by atoms with van der Waals surface area (Å²) in [6, 6.07) is 29.8. The third-order valence-electron chi connectivity index (χ3n) is 6.23. The van der Waals surface area contributed by atoms with Crippen LogP contribution in [0.3, 0.4) is 0 Å². The van der Waals surface area contributed by atoms with Gasteiger partial charge in [-0.3, -0.25) is 0 Å². The van der Waals surface area contributed by atoms with Crippen LogP contribution in [0.2, 0.25) is 0 Å². The van der Waals surface area contributed by atoms with Gasteiger partial charge in [0, 0.05) is 27.6 Å². The fourth-order valence-electron chi connectivity index (χ4n) is 4.61. The number of nitrogens with zero attached hydrogens (tertiary/aromatic N) is 2. The summed E-state index contributed by atoms with van der Waals surface area (Å²) >= 11 is 0. The Balaban J connectivity index is 1.52. The van der Waals surface area contributed by atoms with E-state index in [9.17, 15) is 0 Å². The van der Waals surface area contributed by atoms with E-state index in [1.165, 1.54) is 16.3 Å². The lowest BCUT2D eigenvalue weighted by molar-refractivity contribution is 1.28. The predicted octanol–water partition coefficient (Wildman–Crippen LogP) is 7.48. The molecule has 2 aromatic carbocycles. The van der Waals surface area contributed by atoms with Crippen LogP contribution in [0.15, 0.2) is 84.9 Å². The Kier molecular flexibility index (Phi) is 4.11. The molecule has 8 bridgehead atoms. The van der Waals surface area contributed by atoms with E-state index in [4.69, 9.17) is 9.97 Å². The number of benzene rings is 2. The van der Waals surface area contributed by atoms with Crippen molar-refractivity contribution in [2.45, 2.75) is 0 Å². The molecule has 4 nitrogen and oxygen atoms in total. The number of aromatic amines is 2. The Morgan fingerprint density at radius 1 is 0.471 bits per heavy atom. The largest absolute Gasteiger partial charge is 0.355 e. The molecule has 0 unspecified atom stereocenters. The van der Waals surface area contributed by atoms with Crippen LogP contribution < -0.4 is 0 Å². The lowest BCUT2D eigenvalue weighted by Crippen LogP contribution is -1.79. The zero-order valence-corrected chi connectivity index (χ0v) is 18.3. The third kappa shape index (κ3) is 3.42. The summed E-state index contributed by atoms with van der Waals surface area (Å²) in [5.41, 5.74) is 10.1. The minimum atomic E-state index is 0.899. The normalized spacial score (nSPS) is 12.5. The van der Waals surface area contributed by atoms with Crippen molar-refractivity contribution in [3.63, 3.8) is 0 Å². The summed E-state index contributed by atoms with van der Waals surface area (Å²) < 4.78 is 0. The molecule has 0 spiro atoms. The van der Waals surface area contributed by atoms with Crippen LogP contribution in [0.5, 0.6) is 0 Å². The van der Waals surface area contributed by atoms with E-state index in [1.807, 2.05) is 30.4 Å². The van der Waals surface area contributed by atoms with Crippen molar-refractivity contribution < 1.29 is 0 Å². The second-order valence-corrected chi connectivity index (χ2v) is 8.65.